The Labute approximate surface area is 147 Å². The van der Waals surface area contributed by atoms with Gasteiger partial charge in [-0.25, -0.2) is 13.4 Å². The number of rotatable bonds is 3. The van der Waals surface area contributed by atoms with Crippen molar-refractivity contribution in [3.05, 3.63) is 43.4 Å². The van der Waals surface area contributed by atoms with Crippen LogP contribution in [-0.2, 0) is 10.0 Å². The monoisotopic (exact) mass is 497 g/mol. The smallest absolute Gasteiger partial charge is 0.266 e. The highest BCUT2D eigenvalue weighted by atomic mass is 79.9. The maximum atomic E-state index is 12.5. The van der Waals surface area contributed by atoms with Gasteiger partial charge in [-0.05, 0) is 62.5 Å². The van der Waals surface area contributed by atoms with Crippen LogP contribution in [0.2, 0.25) is 0 Å². The fourth-order valence-electron chi connectivity index (χ4n) is 1.65. The second-order valence-electron chi connectivity index (χ2n) is 4.23. The zero-order chi connectivity index (χ0) is 15.8. The third-order valence-corrected chi connectivity index (χ3v) is 6.24. The maximum Gasteiger partial charge on any atom is 0.266 e. The molecule has 0 fully saturated rings. The van der Waals surface area contributed by atoms with E-state index in [9.17, 15) is 8.42 Å². The summed E-state index contributed by atoms with van der Waals surface area (Å²) in [5.74, 6) is 0.227. The van der Waals surface area contributed by atoms with Gasteiger partial charge in [0, 0.05) is 19.6 Å². The zero-order valence-corrected chi connectivity index (χ0v) is 16.3. The van der Waals surface area contributed by atoms with Crippen molar-refractivity contribution in [3.63, 3.8) is 0 Å². The van der Waals surface area contributed by atoms with Gasteiger partial charge in [-0.1, -0.05) is 15.9 Å². The van der Waals surface area contributed by atoms with E-state index >= 15 is 0 Å². The molecule has 1 heterocycles. The lowest BCUT2D eigenvalue weighted by Crippen LogP contribution is -2.16. The minimum absolute atomic E-state index is 0.0203. The van der Waals surface area contributed by atoms with Crippen molar-refractivity contribution < 1.29 is 8.42 Å². The van der Waals surface area contributed by atoms with Crippen LogP contribution >= 0.6 is 47.8 Å². The first-order chi connectivity index (χ1) is 9.70. The Kier molecular flexibility index (Phi) is 4.96. The number of nitrogens with zero attached hydrogens (tertiary/aromatic N) is 1. The Hall–Kier alpha value is -0.640. The molecular weight excluding hydrogens is 490 g/mol. The number of sulfonamides is 1. The molecule has 2 aromatic rings. The SMILES string of the molecule is Cc1cc(NS(=O)(=O)c2c(N)cc(Br)cc2Br)ncc1Br. The lowest BCUT2D eigenvalue weighted by molar-refractivity contribution is 0.601. The molecule has 1 aromatic heterocycles. The van der Waals surface area contributed by atoms with E-state index in [1.54, 1.807) is 12.1 Å². The fraction of sp³-hybridized carbons (Fsp3) is 0.0833. The van der Waals surface area contributed by atoms with E-state index in [-0.39, 0.29) is 16.4 Å². The Bertz CT molecular complexity index is 786. The quantitative estimate of drug-likeness (QED) is 0.624. The minimum atomic E-state index is -3.84. The molecule has 0 aliphatic heterocycles. The molecule has 9 heteroatoms. The van der Waals surface area contributed by atoms with Crippen LogP contribution in [0.3, 0.4) is 0 Å². The lowest BCUT2D eigenvalue weighted by atomic mass is 10.3. The summed E-state index contributed by atoms with van der Waals surface area (Å²) in [5, 5.41) is 0. The molecule has 1 aromatic carbocycles. The molecular formula is C12H10Br3N3O2S. The Morgan fingerprint density at radius 2 is 1.81 bits per heavy atom. The number of halogens is 3. The second kappa shape index (κ2) is 6.23. The maximum absolute atomic E-state index is 12.5. The van der Waals surface area contributed by atoms with Gasteiger partial charge in [0.1, 0.15) is 10.7 Å². The molecule has 0 saturated carbocycles. The van der Waals surface area contributed by atoms with E-state index in [0.717, 1.165) is 10.0 Å². The topological polar surface area (TPSA) is 85.1 Å². The number of hydrogen-bond acceptors (Lipinski definition) is 4. The van der Waals surface area contributed by atoms with Gasteiger partial charge in [0.2, 0.25) is 0 Å². The molecule has 21 heavy (non-hydrogen) atoms. The molecule has 0 amide bonds. The number of nitrogens with one attached hydrogen (secondary N) is 1. The third kappa shape index (κ3) is 3.77. The van der Waals surface area contributed by atoms with Crippen LogP contribution in [0, 0.1) is 6.92 Å². The fourth-order valence-corrected chi connectivity index (χ4v) is 4.94. The van der Waals surface area contributed by atoms with Crippen molar-refractivity contribution in [2.24, 2.45) is 0 Å². The Morgan fingerprint density at radius 3 is 2.38 bits per heavy atom. The van der Waals surface area contributed by atoms with E-state index in [0.29, 0.717) is 8.95 Å². The number of pyridine rings is 1. The summed E-state index contributed by atoms with van der Waals surface area (Å²) in [7, 11) is -3.84. The first kappa shape index (κ1) is 16.7. The van der Waals surface area contributed by atoms with Gasteiger partial charge in [-0.3, -0.25) is 4.72 Å². The highest BCUT2D eigenvalue weighted by molar-refractivity contribution is 9.11. The van der Waals surface area contributed by atoms with Crippen LogP contribution in [0.4, 0.5) is 11.5 Å². The summed E-state index contributed by atoms with van der Waals surface area (Å²) < 4.78 is 29.2. The number of nitrogen functional groups attached to an aromatic ring is 1. The number of aromatic nitrogens is 1. The Morgan fingerprint density at radius 1 is 1.14 bits per heavy atom. The summed E-state index contributed by atoms with van der Waals surface area (Å²) >= 11 is 9.78. The molecule has 0 atom stereocenters. The van der Waals surface area contributed by atoms with E-state index < -0.39 is 10.0 Å². The molecule has 0 radical (unpaired) electrons. The van der Waals surface area contributed by atoms with Crippen LogP contribution in [-0.4, -0.2) is 13.4 Å². The zero-order valence-electron chi connectivity index (χ0n) is 10.7. The van der Waals surface area contributed by atoms with Gasteiger partial charge in [0.25, 0.3) is 10.0 Å². The summed E-state index contributed by atoms with van der Waals surface area (Å²) in [6, 6.07) is 4.77. The highest BCUT2D eigenvalue weighted by Gasteiger charge is 2.22. The predicted octanol–water partition coefficient (Wildman–Crippen LogP) is 4.06. The third-order valence-electron chi connectivity index (χ3n) is 2.59. The molecule has 3 N–H and O–H groups in total. The molecule has 0 aliphatic rings. The van der Waals surface area contributed by atoms with Crippen molar-refractivity contribution in [1.29, 1.82) is 0 Å². The van der Waals surface area contributed by atoms with E-state index in [2.05, 4.69) is 57.5 Å². The van der Waals surface area contributed by atoms with Gasteiger partial charge >= 0.3 is 0 Å². The van der Waals surface area contributed by atoms with Crippen molar-refractivity contribution in [1.82, 2.24) is 4.98 Å². The predicted molar refractivity (Wildman–Crippen MR) is 93.7 cm³/mol. The van der Waals surface area contributed by atoms with Crippen molar-refractivity contribution >= 4 is 69.3 Å². The molecule has 0 saturated heterocycles. The average Bonchev–Trinajstić information content (AvgIpc) is 2.31. The number of aryl methyl sites for hydroxylation is 1. The van der Waals surface area contributed by atoms with Crippen LogP contribution in [0.1, 0.15) is 5.56 Å². The number of benzene rings is 1. The van der Waals surface area contributed by atoms with E-state index in [1.807, 2.05) is 6.92 Å². The summed E-state index contributed by atoms with van der Waals surface area (Å²) in [6.07, 6.45) is 1.53. The summed E-state index contributed by atoms with van der Waals surface area (Å²) in [6.45, 7) is 1.84. The minimum Gasteiger partial charge on any atom is -0.398 e. The average molecular weight is 500 g/mol. The van der Waals surface area contributed by atoms with Gasteiger partial charge in [-0.2, -0.15) is 0 Å². The first-order valence-corrected chi connectivity index (χ1v) is 9.46. The molecule has 5 nitrogen and oxygen atoms in total. The normalized spacial score (nSPS) is 11.4. The number of hydrogen-bond donors (Lipinski definition) is 2. The van der Waals surface area contributed by atoms with E-state index in [1.165, 1.54) is 12.3 Å². The second-order valence-corrected chi connectivity index (χ2v) is 8.47. The largest absolute Gasteiger partial charge is 0.398 e. The Balaban J connectivity index is 2.46. The van der Waals surface area contributed by atoms with Gasteiger partial charge in [0.15, 0.2) is 0 Å². The molecule has 112 valence electrons. The summed E-state index contributed by atoms with van der Waals surface area (Å²) in [4.78, 5) is 4.00. The molecule has 0 unspecified atom stereocenters. The lowest BCUT2D eigenvalue weighted by Gasteiger charge is -2.12. The number of nitrogens with two attached hydrogens (primary N) is 1. The molecule has 0 aliphatic carbocycles. The van der Waals surface area contributed by atoms with Crippen LogP contribution in [0.25, 0.3) is 0 Å². The standard InChI is InChI=1S/C12H10Br3N3O2S/c1-6-2-11(17-5-9(6)15)18-21(19,20)12-8(14)3-7(13)4-10(12)16/h2-5H,16H2,1H3,(H,17,18). The molecule has 2 rings (SSSR count). The number of anilines is 2. The van der Waals surface area contributed by atoms with Gasteiger partial charge in [0.05, 0.1) is 5.69 Å². The van der Waals surface area contributed by atoms with Crippen molar-refractivity contribution in [2.75, 3.05) is 10.5 Å². The van der Waals surface area contributed by atoms with Crippen molar-refractivity contribution in [2.45, 2.75) is 11.8 Å². The molecule has 0 spiro atoms. The molecule has 0 bridgehead atoms. The summed E-state index contributed by atoms with van der Waals surface area (Å²) in [5.41, 5.74) is 6.81. The van der Waals surface area contributed by atoms with Crippen LogP contribution in [0.15, 0.2) is 42.7 Å². The van der Waals surface area contributed by atoms with Crippen LogP contribution < -0.4 is 10.5 Å². The van der Waals surface area contributed by atoms with Crippen molar-refractivity contribution in [3.8, 4) is 0 Å². The highest BCUT2D eigenvalue weighted by Crippen LogP contribution is 2.32. The van der Waals surface area contributed by atoms with Crippen LogP contribution in [0.5, 0.6) is 0 Å². The first-order valence-electron chi connectivity index (χ1n) is 5.60. The van der Waals surface area contributed by atoms with Gasteiger partial charge in [-0.15, -0.1) is 0 Å². The van der Waals surface area contributed by atoms with Gasteiger partial charge < -0.3 is 5.73 Å². The van der Waals surface area contributed by atoms with E-state index in [4.69, 9.17) is 5.73 Å².